The zero-order valence-electron chi connectivity index (χ0n) is 10.7. The molecule has 0 bridgehead atoms. The van der Waals surface area contributed by atoms with Gasteiger partial charge in [-0.1, -0.05) is 6.07 Å². The fraction of sp³-hybridized carbons (Fsp3) is 0.0714. The molecule has 0 aliphatic carbocycles. The predicted octanol–water partition coefficient (Wildman–Crippen LogP) is 3.48. The van der Waals surface area contributed by atoms with E-state index >= 15 is 0 Å². The third-order valence-electron chi connectivity index (χ3n) is 2.75. The Morgan fingerprint density at radius 2 is 2.05 bits per heavy atom. The first-order chi connectivity index (χ1) is 10.0. The van der Waals surface area contributed by atoms with Crippen molar-refractivity contribution in [2.24, 2.45) is 5.73 Å². The van der Waals surface area contributed by atoms with Gasteiger partial charge in [0.15, 0.2) is 0 Å². The molecule has 2 rings (SSSR count). The number of hydrogen-bond acceptors (Lipinski definition) is 5. The first kappa shape index (κ1) is 15.0. The van der Waals surface area contributed by atoms with E-state index in [0.717, 1.165) is 5.56 Å². The number of nitriles is 1. The van der Waals surface area contributed by atoms with Crippen molar-refractivity contribution in [2.45, 2.75) is 6.54 Å². The molecule has 2 aromatic rings. The lowest BCUT2D eigenvalue weighted by molar-refractivity contribution is -0.384. The highest BCUT2D eigenvalue weighted by Crippen LogP contribution is 2.34. The Kier molecular flexibility index (Phi) is 4.52. The van der Waals surface area contributed by atoms with Crippen LogP contribution in [0.15, 0.2) is 40.9 Å². The number of non-ortho nitro benzene ring substituents is 1. The third kappa shape index (κ3) is 3.37. The van der Waals surface area contributed by atoms with Crippen molar-refractivity contribution in [1.29, 1.82) is 5.26 Å². The summed E-state index contributed by atoms with van der Waals surface area (Å²) < 4.78 is 6.16. The van der Waals surface area contributed by atoms with Gasteiger partial charge < -0.3 is 10.5 Å². The van der Waals surface area contributed by atoms with Crippen molar-refractivity contribution in [3.63, 3.8) is 0 Å². The largest absolute Gasteiger partial charge is 0.455 e. The number of ether oxygens (including phenoxy) is 1. The van der Waals surface area contributed by atoms with Gasteiger partial charge in [-0.3, -0.25) is 10.1 Å². The number of nitrogens with two attached hydrogens (primary N) is 1. The molecule has 0 aromatic heterocycles. The lowest BCUT2D eigenvalue weighted by atomic mass is 10.1. The second-order valence-corrected chi connectivity index (χ2v) is 4.97. The SMILES string of the molecule is N#Cc1cc(CN)ccc1Oc1cc([N+](=O)[O-])ccc1Br. The maximum absolute atomic E-state index is 10.8. The fourth-order valence-corrected chi connectivity index (χ4v) is 2.01. The number of nitro benzene ring substituents is 1. The molecule has 0 radical (unpaired) electrons. The van der Waals surface area contributed by atoms with Crippen molar-refractivity contribution in [3.8, 4) is 17.6 Å². The summed E-state index contributed by atoms with van der Waals surface area (Å²) in [5.74, 6) is 0.581. The van der Waals surface area contributed by atoms with Gasteiger partial charge in [-0.2, -0.15) is 5.26 Å². The van der Waals surface area contributed by atoms with E-state index in [9.17, 15) is 10.1 Å². The molecular weight excluding hydrogens is 338 g/mol. The quantitative estimate of drug-likeness (QED) is 0.673. The van der Waals surface area contributed by atoms with Crippen LogP contribution in [0.3, 0.4) is 0 Å². The van der Waals surface area contributed by atoms with E-state index in [1.54, 1.807) is 18.2 Å². The maximum Gasteiger partial charge on any atom is 0.273 e. The van der Waals surface area contributed by atoms with E-state index in [1.807, 2.05) is 6.07 Å². The molecule has 106 valence electrons. The summed E-state index contributed by atoms with van der Waals surface area (Å²) in [4.78, 5) is 10.3. The van der Waals surface area contributed by atoms with E-state index < -0.39 is 4.92 Å². The van der Waals surface area contributed by atoms with Gasteiger partial charge in [0, 0.05) is 12.6 Å². The highest BCUT2D eigenvalue weighted by atomic mass is 79.9. The first-order valence-electron chi connectivity index (χ1n) is 5.90. The molecule has 2 aromatic carbocycles. The monoisotopic (exact) mass is 347 g/mol. The van der Waals surface area contributed by atoms with Crippen LogP contribution in [0.5, 0.6) is 11.5 Å². The average Bonchev–Trinajstić information content (AvgIpc) is 2.49. The van der Waals surface area contributed by atoms with Crippen LogP contribution in [0.1, 0.15) is 11.1 Å². The molecule has 0 atom stereocenters. The second kappa shape index (κ2) is 6.35. The minimum absolute atomic E-state index is 0.0923. The van der Waals surface area contributed by atoms with Crippen LogP contribution in [0.2, 0.25) is 0 Å². The number of hydrogen-bond donors (Lipinski definition) is 1. The maximum atomic E-state index is 10.8. The normalized spacial score (nSPS) is 9.95. The minimum Gasteiger partial charge on any atom is -0.455 e. The molecule has 2 N–H and O–H groups in total. The van der Waals surface area contributed by atoms with Crippen LogP contribution in [0.25, 0.3) is 0 Å². The standard InChI is InChI=1S/C14H10BrN3O3/c15-12-3-2-11(18(19)20)6-14(12)21-13-4-1-9(7-16)5-10(13)8-17/h1-6H,7,16H2. The molecule has 0 saturated carbocycles. The Bertz CT molecular complexity index is 741. The number of nitrogens with zero attached hydrogens (tertiary/aromatic N) is 2. The number of rotatable bonds is 4. The smallest absolute Gasteiger partial charge is 0.273 e. The van der Waals surface area contributed by atoms with Crippen LogP contribution in [0, 0.1) is 21.4 Å². The molecular formula is C14H10BrN3O3. The highest BCUT2D eigenvalue weighted by molar-refractivity contribution is 9.10. The molecule has 0 fully saturated rings. The Morgan fingerprint density at radius 1 is 1.29 bits per heavy atom. The van der Waals surface area contributed by atoms with E-state index in [0.29, 0.717) is 22.3 Å². The summed E-state index contributed by atoms with van der Waals surface area (Å²) in [7, 11) is 0. The summed E-state index contributed by atoms with van der Waals surface area (Å²) >= 11 is 3.26. The van der Waals surface area contributed by atoms with Gasteiger partial charge in [-0.25, -0.2) is 0 Å². The Morgan fingerprint density at radius 3 is 2.67 bits per heavy atom. The van der Waals surface area contributed by atoms with Gasteiger partial charge in [0.2, 0.25) is 0 Å². The number of nitro groups is 1. The number of benzene rings is 2. The summed E-state index contributed by atoms with van der Waals surface area (Å²) in [6.45, 7) is 0.315. The summed E-state index contributed by atoms with van der Waals surface area (Å²) in [5, 5.41) is 19.9. The van der Waals surface area contributed by atoms with Crippen LogP contribution in [-0.4, -0.2) is 4.92 Å². The third-order valence-corrected chi connectivity index (χ3v) is 3.40. The van der Waals surface area contributed by atoms with Gasteiger partial charge in [0.1, 0.15) is 17.6 Å². The van der Waals surface area contributed by atoms with Gasteiger partial charge in [0.25, 0.3) is 5.69 Å². The molecule has 6 nitrogen and oxygen atoms in total. The van der Waals surface area contributed by atoms with Crippen LogP contribution in [0.4, 0.5) is 5.69 Å². The highest BCUT2D eigenvalue weighted by Gasteiger charge is 2.13. The molecule has 0 spiro atoms. The minimum atomic E-state index is -0.512. The lowest BCUT2D eigenvalue weighted by Crippen LogP contribution is -1.98. The van der Waals surface area contributed by atoms with E-state index in [4.69, 9.17) is 15.7 Å². The van der Waals surface area contributed by atoms with Gasteiger partial charge in [-0.15, -0.1) is 0 Å². The Balaban J connectivity index is 2.40. The summed E-state index contributed by atoms with van der Waals surface area (Å²) in [6, 6.07) is 11.2. The predicted molar refractivity (Wildman–Crippen MR) is 79.9 cm³/mol. The summed E-state index contributed by atoms with van der Waals surface area (Å²) in [5.41, 5.74) is 6.55. The van der Waals surface area contributed by atoms with E-state index in [-0.39, 0.29) is 11.4 Å². The van der Waals surface area contributed by atoms with E-state index in [1.165, 1.54) is 18.2 Å². The molecule has 0 aliphatic rings. The summed E-state index contributed by atoms with van der Waals surface area (Å²) in [6.07, 6.45) is 0. The van der Waals surface area contributed by atoms with Crippen molar-refractivity contribution in [2.75, 3.05) is 0 Å². The van der Waals surface area contributed by atoms with Gasteiger partial charge in [-0.05, 0) is 39.7 Å². The zero-order chi connectivity index (χ0) is 15.4. The molecule has 0 amide bonds. The topological polar surface area (TPSA) is 102 Å². The van der Waals surface area contributed by atoms with Crippen LogP contribution >= 0.6 is 15.9 Å². The van der Waals surface area contributed by atoms with Crippen LogP contribution < -0.4 is 10.5 Å². The molecule has 0 heterocycles. The first-order valence-corrected chi connectivity index (χ1v) is 6.69. The van der Waals surface area contributed by atoms with Gasteiger partial charge >= 0.3 is 0 Å². The average molecular weight is 348 g/mol. The molecule has 0 aliphatic heterocycles. The number of halogens is 1. The Hall–Kier alpha value is -2.43. The van der Waals surface area contributed by atoms with Crippen molar-refractivity contribution < 1.29 is 9.66 Å². The van der Waals surface area contributed by atoms with Gasteiger partial charge in [0.05, 0.1) is 21.0 Å². The van der Waals surface area contributed by atoms with Crippen LogP contribution in [-0.2, 0) is 6.54 Å². The fourth-order valence-electron chi connectivity index (χ4n) is 1.68. The Labute approximate surface area is 129 Å². The second-order valence-electron chi connectivity index (χ2n) is 4.12. The van der Waals surface area contributed by atoms with E-state index in [2.05, 4.69) is 15.9 Å². The molecule has 0 saturated heterocycles. The molecule has 7 heteroatoms. The van der Waals surface area contributed by atoms with Crippen molar-refractivity contribution >= 4 is 21.6 Å². The van der Waals surface area contributed by atoms with Crippen molar-refractivity contribution in [3.05, 3.63) is 62.1 Å². The zero-order valence-corrected chi connectivity index (χ0v) is 12.3. The lowest BCUT2D eigenvalue weighted by Gasteiger charge is -2.10. The van der Waals surface area contributed by atoms with Crippen molar-refractivity contribution in [1.82, 2.24) is 0 Å². The molecule has 0 unspecified atom stereocenters. The molecule has 21 heavy (non-hydrogen) atoms.